The summed E-state index contributed by atoms with van der Waals surface area (Å²) in [5, 5.41) is 31.0. The maximum absolute atomic E-state index is 14.7. The van der Waals surface area contributed by atoms with Crippen molar-refractivity contribution in [1.29, 1.82) is 0 Å². The van der Waals surface area contributed by atoms with E-state index in [1.807, 2.05) is 0 Å². The SMILES string of the molecule is O=C(CC1CN(C(=O)Cc2ccc(OCCCC3CCN(c4ncc(Cl)cn4)CC3)cc2F)C1)NCC(O)(CO)CO. The number of nitrogens with zero attached hydrogens (tertiary/aromatic N) is 4. The number of benzene rings is 1. The number of piperidine rings is 1. The molecule has 0 radical (unpaired) electrons. The first-order valence-corrected chi connectivity index (χ1v) is 14.7. The van der Waals surface area contributed by atoms with Crippen LogP contribution in [-0.4, -0.2) is 100 Å². The molecule has 0 aliphatic carbocycles. The number of rotatable bonds is 14. The van der Waals surface area contributed by atoms with Crippen LogP contribution in [0, 0.1) is 17.7 Å². The van der Waals surface area contributed by atoms with Crippen LogP contribution < -0.4 is 15.0 Å². The molecular formula is C29H39ClFN5O6. The summed E-state index contributed by atoms with van der Waals surface area (Å²) >= 11 is 5.87. The van der Waals surface area contributed by atoms with Crippen LogP contribution in [0.1, 0.15) is 37.7 Å². The molecule has 0 saturated carbocycles. The van der Waals surface area contributed by atoms with E-state index in [0.717, 1.165) is 38.8 Å². The van der Waals surface area contributed by atoms with Gasteiger partial charge in [0.1, 0.15) is 17.2 Å². The summed E-state index contributed by atoms with van der Waals surface area (Å²) in [5.74, 6) is 0.632. The molecule has 3 heterocycles. The second-order valence-electron chi connectivity index (χ2n) is 11.2. The van der Waals surface area contributed by atoms with Crippen molar-refractivity contribution in [3.8, 4) is 5.75 Å². The van der Waals surface area contributed by atoms with E-state index in [-0.39, 0.29) is 42.7 Å². The number of halogens is 2. The number of anilines is 1. The van der Waals surface area contributed by atoms with Crippen LogP contribution in [0.3, 0.4) is 0 Å². The van der Waals surface area contributed by atoms with Gasteiger partial charge < -0.3 is 35.2 Å². The van der Waals surface area contributed by atoms with Gasteiger partial charge in [-0.3, -0.25) is 9.59 Å². The maximum Gasteiger partial charge on any atom is 0.227 e. The number of hydrogen-bond donors (Lipinski definition) is 4. The van der Waals surface area contributed by atoms with Gasteiger partial charge in [-0.05, 0) is 43.2 Å². The lowest BCUT2D eigenvalue weighted by molar-refractivity contribution is -0.139. The second kappa shape index (κ2) is 14.9. The fourth-order valence-electron chi connectivity index (χ4n) is 5.15. The summed E-state index contributed by atoms with van der Waals surface area (Å²) in [6.45, 7) is 1.42. The monoisotopic (exact) mass is 607 g/mol. The molecule has 0 spiro atoms. The molecule has 230 valence electrons. The molecule has 2 aliphatic rings. The van der Waals surface area contributed by atoms with Gasteiger partial charge in [0.05, 0.1) is 50.2 Å². The number of ether oxygens (including phenoxy) is 1. The number of likely N-dealkylation sites (tertiary alicyclic amines) is 1. The number of carbonyl (C=O) groups excluding carboxylic acids is 2. The third kappa shape index (κ3) is 8.97. The Morgan fingerprint density at radius 2 is 1.81 bits per heavy atom. The van der Waals surface area contributed by atoms with E-state index in [1.165, 1.54) is 6.07 Å². The lowest BCUT2D eigenvalue weighted by atomic mass is 9.92. The van der Waals surface area contributed by atoms with Crippen LogP contribution in [0.2, 0.25) is 5.02 Å². The van der Waals surface area contributed by atoms with Gasteiger partial charge in [-0.15, -0.1) is 0 Å². The Bertz CT molecular complexity index is 1190. The second-order valence-corrected chi connectivity index (χ2v) is 11.7. The number of aliphatic hydroxyl groups is 3. The Morgan fingerprint density at radius 1 is 1.12 bits per heavy atom. The average Bonchev–Trinajstić information content (AvgIpc) is 2.97. The molecule has 11 nitrogen and oxygen atoms in total. The molecule has 4 N–H and O–H groups in total. The Hall–Kier alpha value is -3.06. The summed E-state index contributed by atoms with van der Waals surface area (Å²) in [7, 11) is 0. The number of aliphatic hydroxyl groups excluding tert-OH is 2. The van der Waals surface area contributed by atoms with Crippen LogP contribution in [0.25, 0.3) is 0 Å². The number of nitrogens with one attached hydrogen (secondary N) is 1. The molecule has 1 aromatic carbocycles. The summed E-state index contributed by atoms with van der Waals surface area (Å²) in [6.07, 6.45) is 7.28. The molecule has 13 heteroatoms. The Balaban J connectivity index is 1.10. The zero-order valence-corrected chi connectivity index (χ0v) is 24.3. The molecule has 2 aliphatic heterocycles. The summed E-state index contributed by atoms with van der Waals surface area (Å²) in [6, 6.07) is 4.57. The van der Waals surface area contributed by atoms with Gasteiger partial charge in [0.2, 0.25) is 17.8 Å². The zero-order chi connectivity index (χ0) is 30.1. The predicted molar refractivity (Wildman–Crippen MR) is 154 cm³/mol. The maximum atomic E-state index is 14.7. The van der Waals surface area contributed by atoms with E-state index >= 15 is 0 Å². The molecule has 2 fully saturated rings. The van der Waals surface area contributed by atoms with Crippen molar-refractivity contribution in [2.24, 2.45) is 11.8 Å². The molecular weight excluding hydrogens is 569 g/mol. The van der Waals surface area contributed by atoms with E-state index in [4.69, 9.17) is 26.6 Å². The minimum Gasteiger partial charge on any atom is -0.493 e. The first kappa shape index (κ1) is 31.9. The Kier molecular flexibility index (Phi) is 11.3. The summed E-state index contributed by atoms with van der Waals surface area (Å²) in [5.41, 5.74) is -1.48. The standard InChI is InChI=1S/C29H39ClFN5O6/c30-23-13-32-28(33-14-23)35-7-5-20(6-8-35)2-1-9-42-24-4-3-22(25(31)12-24)11-27(40)36-15-21(16-36)10-26(39)34-17-29(41,18-37)19-38/h3-4,12-14,20-21,37-38,41H,1-2,5-11,15-19H2,(H,34,39). The highest BCUT2D eigenvalue weighted by molar-refractivity contribution is 6.30. The lowest BCUT2D eigenvalue weighted by Gasteiger charge is -2.39. The van der Waals surface area contributed by atoms with Crippen LogP contribution in [0.5, 0.6) is 5.75 Å². The smallest absolute Gasteiger partial charge is 0.227 e. The summed E-state index contributed by atoms with van der Waals surface area (Å²) in [4.78, 5) is 37.0. The van der Waals surface area contributed by atoms with E-state index in [1.54, 1.807) is 29.4 Å². The van der Waals surface area contributed by atoms with Gasteiger partial charge >= 0.3 is 0 Å². The topological polar surface area (TPSA) is 148 Å². The number of hydrogen-bond acceptors (Lipinski definition) is 9. The zero-order valence-electron chi connectivity index (χ0n) is 23.6. The third-order valence-corrected chi connectivity index (χ3v) is 8.08. The lowest BCUT2D eigenvalue weighted by Crippen LogP contribution is -2.53. The predicted octanol–water partition coefficient (Wildman–Crippen LogP) is 1.57. The molecule has 2 amide bonds. The molecule has 0 bridgehead atoms. The van der Waals surface area contributed by atoms with Crippen molar-refractivity contribution in [2.45, 2.75) is 44.1 Å². The molecule has 1 aromatic heterocycles. The van der Waals surface area contributed by atoms with Crippen molar-refractivity contribution < 1.29 is 34.0 Å². The number of aromatic nitrogens is 2. The number of carbonyl (C=O) groups is 2. The first-order valence-electron chi connectivity index (χ1n) is 14.3. The normalized spacial score (nSPS) is 16.3. The van der Waals surface area contributed by atoms with Crippen LogP contribution in [-0.2, 0) is 16.0 Å². The molecule has 0 atom stereocenters. The Morgan fingerprint density at radius 3 is 2.45 bits per heavy atom. The van der Waals surface area contributed by atoms with Gasteiger partial charge in [0.15, 0.2) is 0 Å². The molecule has 42 heavy (non-hydrogen) atoms. The Labute approximate surface area is 249 Å². The minimum atomic E-state index is -1.77. The van der Waals surface area contributed by atoms with Gasteiger partial charge in [0, 0.05) is 44.6 Å². The van der Waals surface area contributed by atoms with E-state index < -0.39 is 24.6 Å². The van der Waals surface area contributed by atoms with Crippen LogP contribution in [0.4, 0.5) is 10.3 Å². The highest BCUT2D eigenvalue weighted by atomic mass is 35.5. The van der Waals surface area contributed by atoms with Gasteiger partial charge in [-0.25, -0.2) is 14.4 Å². The minimum absolute atomic E-state index is 0.0454. The van der Waals surface area contributed by atoms with Crippen molar-refractivity contribution in [1.82, 2.24) is 20.2 Å². The largest absolute Gasteiger partial charge is 0.493 e. The van der Waals surface area contributed by atoms with E-state index in [9.17, 15) is 19.1 Å². The third-order valence-electron chi connectivity index (χ3n) is 7.88. The van der Waals surface area contributed by atoms with Crippen LogP contribution >= 0.6 is 11.6 Å². The highest BCUT2D eigenvalue weighted by Crippen LogP contribution is 2.26. The van der Waals surface area contributed by atoms with E-state index in [2.05, 4.69) is 20.2 Å². The van der Waals surface area contributed by atoms with Crippen molar-refractivity contribution in [3.63, 3.8) is 0 Å². The molecule has 4 rings (SSSR count). The van der Waals surface area contributed by atoms with Gasteiger partial charge in [-0.1, -0.05) is 17.7 Å². The first-order chi connectivity index (χ1) is 20.2. The van der Waals surface area contributed by atoms with Crippen molar-refractivity contribution >= 4 is 29.4 Å². The van der Waals surface area contributed by atoms with Crippen molar-refractivity contribution in [3.05, 3.63) is 47.0 Å². The van der Waals surface area contributed by atoms with Gasteiger partial charge in [-0.2, -0.15) is 0 Å². The van der Waals surface area contributed by atoms with E-state index in [0.29, 0.717) is 42.3 Å². The number of amides is 2. The summed E-state index contributed by atoms with van der Waals surface area (Å²) < 4.78 is 20.5. The fourth-order valence-corrected chi connectivity index (χ4v) is 5.25. The fraction of sp³-hybridized carbons (Fsp3) is 0.586. The van der Waals surface area contributed by atoms with Crippen molar-refractivity contribution in [2.75, 3.05) is 57.4 Å². The van der Waals surface area contributed by atoms with Crippen LogP contribution in [0.15, 0.2) is 30.6 Å². The average molecular weight is 608 g/mol. The van der Waals surface area contributed by atoms with Gasteiger partial charge in [0.25, 0.3) is 0 Å². The quantitative estimate of drug-likeness (QED) is 0.235. The highest BCUT2D eigenvalue weighted by Gasteiger charge is 2.33. The molecule has 2 aromatic rings. The molecule has 2 saturated heterocycles. The molecule has 0 unspecified atom stereocenters.